The highest BCUT2D eigenvalue weighted by atomic mass is 19.3. The molecule has 134 valence electrons. The van der Waals surface area contributed by atoms with Gasteiger partial charge in [-0.25, -0.2) is 0 Å². The summed E-state index contributed by atoms with van der Waals surface area (Å²) in [5.41, 5.74) is 0.514. The average molecular weight is 339 g/mol. The van der Waals surface area contributed by atoms with Crippen LogP contribution >= 0.6 is 0 Å². The first-order chi connectivity index (χ1) is 11.5. The van der Waals surface area contributed by atoms with E-state index >= 15 is 0 Å². The van der Waals surface area contributed by atoms with Crippen molar-refractivity contribution in [3.8, 4) is 5.75 Å². The number of amides is 1. The standard InChI is InChI=1S/C19H27F2NO2/c1-3-4-5-6-7-8-9-10-17-19(20,21)18(23)22(17)15-11-13-16(24-2)14-12-15/h11-14,17H,3-10H2,1-2H3. The van der Waals surface area contributed by atoms with Crippen LogP contribution in [0.25, 0.3) is 0 Å². The Kier molecular flexibility index (Phi) is 6.58. The Labute approximate surface area is 143 Å². The molecule has 5 heteroatoms. The van der Waals surface area contributed by atoms with Gasteiger partial charge in [-0.3, -0.25) is 9.69 Å². The van der Waals surface area contributed by atoms with Crippen molar-refractivity contribution in [2.45, 2.75) is 70.3 Å². The number of methoxy groups -OCH3 is 1. The number of unbranched alkanes of at least 4 members (excludes halogenated alkanes) is 6. The lowest BCUT2D eigenvalue weighted by Crippen LogP contribution is -2.70. The fraction of sp³-hybridized carbons (Fsp3) is 0.632. The van der Waals surface area contributed by atoms with Gasteiger partial charge in [0.05, 0.1) is 7.11 Å². The molecule has 1 amide bonds. The Balaban J connectivity index is 1.87. The third-order valence-electron chi connectivity index (χ3n) is 4.67. The van der Waals surface area contributed by atoms with Crippen molar-refractivity contribution in [3.63, 3.8) is 0 Å². The SMILES string of the molecule is CCCCCCCCCC1N(c2ccc(OC)cc2)C(=O)C1(F)F. The summed E-state index contributed by atoms with van der Waals surface area (Å²) in [4.78, 5) is 13.0. The van der Waals surface area contributed by atoms with Crippen molar-refractivity contribution in [2.24, 2.45) is 0 Å². The van der Waals surface area contributed by atoms with Gasteiger partial charge in [-0.05, 0) is 30.7 Å². The van der Waals surface area contributed by atoms with Crippen LogP contribution in [0, 0.1) is 0 Å². The molecule has 1 aromatic carbocycles. The predicted molar refractivity (Wildman–Crippen MR) is 91.8 cm³/mol. The molecule has 1 aliphatic rings. The molecule has 0 saturated carbocycles. The van der Waals surface area contributed by atoms with Crippen molar-refractivity contribution >= 4 is 11.6 Å². The number of carbonyl (C=O) groups excluding carboxylic acids is 1. The smallest absolute Gasteiger partial charge is 0.345 e. The van der Waals surface area contributed by atoms with Crippen LogP contribution in [-0.4, -0.2) is 25.0 Å². The third kappa shape index (κ3) is 4.05. The fourth-order valence-electron chi connectivity index (χ4n) is 3.19. The van der Waals surface area contributed by atoms with Crippen LogP contribution in [0.2, 0.25) is 0 Å². The van der Waals surface area contributed by atoms with Crippen molar-refractivity contribution in [3.05, 3.63) is 24.3 Å². The highest BCUT2D eigenvalue weighted by molar-refractivity contribution is 6.06. The van der Waals surface area contributed by atoms with Crippen LogP contribution in [0.5, 0.6) is 5.75 Å². The van der Waals surface area contributed by atoms with E-state index in [0.29, 0.717) is 17.9 Å². The molecule has 0 bridgehead atoms. The van der Waals surface area contributed by atoms with Crippen LogP contribution in [0.1, 0.15) is 58.3 Å². The summed E-state index contributed by atoms with van der Waals surface area (Å²) in [7, 11) is 1.54. The van der Waals surface area contributed by atoms with Gasteiger partial charge in [0.2, 0.25) is 0 Å². The van der Waals surface area contributed by atoms with Gasteiger partial charge in [0, 0.05) is 5.69 Å². The first-order valence-electron chi connectivity index (χ1n) is 8.88. The third-order valence-corrected chi connectivity index (χ3v) is 4.67. The Bertz CT molecular complexity index is 531. The molecule has 1 saturated heterocycles. The van der Waals surface area contributed by atoms with E-state index in [-0.39, 0.29) is 0 Å². The minimum Gasteiger partial charge on any atom is -0.497 e. The zero-order chi connectivity index (χ0) is 17.6. The van der Waals surface area contributed by atoms with Crippen molar-refractivity contribution in [1.82, 2.24) is 0 Å². The first-order valence-corrected chi connectivity index (χ1v) is 8.88. The molecule has 0 aliphatic carbocycles. The number of β-lactam (4-membered cyclic amide) rings is 1. The van der Waals surface area contributed by atoms with Gasteiger partial charge in [-0.15, -0.1) is 0 Å². The van der Waals surface area contributed by atoms with E-state index in [9.17, 15) is 13.6 Å². The zero-order valence-corrected chi connectivity index (χ0v) is 14.6. The first kappa shape index (κ1) is 18.7. The normalized spacial score (nSPS) is 19.2. The quantitative estimate of drug-likeness (QED) is 0.434. The van der Waals surface area contributed by atoms with Crippen molar-refractivity contribution < 1.29 is 18.3 Å². The monoisotopic (exact) mass is 339 g/mol. The second-order valence-corrected chi connectivity index (χ2v) is 6.42. The number of alkyl halides is 2. The molecule has 1 heterocycles. The molecular weight excluding hydrogens is 312 g/mol. The maximum absolute atomic E-state index is 13.9. The predicted octanol–water partition coefficient (Wildman–Crippen LogP) is 5.19. The molecule has 1 atom stereocenters. The van der Waals surface area contributed by atoms with Crippen LogP contribution in [0.3, 0.4) is 0 Å². The fourth-order valence-corrected chi connectivity index (χ4v) is 3.19. The van der Waals surface area contributed by atoms with E-state index in [1.54, 1.807) is 31.4 Å². The lowest BCUT2D eigenvalue weighted by atomic mass is 9.90. The van der Waals surface area contributed by atoms with Crippen LogP contribution in [0.15, 0.2) is 24.3 Å². The summed E-state index contributed by atoms with van der Waals surface area (Å²) in [5.74, 6) is -3.69. The van der Waals surface area contributed by atoms with E-state index in [2.05, 4.69) is 6.92 Å². The number of rotatable bonds is 10. The highest BCUT2D eigenvalue weighted by Crippen LogP contribution is 2.42. The van der Waals surface area contributed by atoms with Crippen LogP contribution < -0.4 is 9.64 Å². The summed E-state index contributed by atoms with van der Waals surface area (Å²) in [6.45, 7) is 2.17. The topological polar surface area (TPSA) is 29.5 Å². The lowest BCUT2D eigenvalue weighted by Gasteiger charge is -2.46. The molecule has 1 unspecified atom stereocenters. The number of hydrogen-bond donors (Lipinski definition) is 0. The van der Waals surface area contributed by atoms with Crippen LogP contribution in [0.4, 0.5) is 14.5 Å². The zero-order valence-electron chi connectivity index (χ0n) is 14.6. The van der Waals surface area contributed by atoms with Crippen LogP contribution in [-0.2, 0) is 4.79 Å². The van der Waals surface area contributed by atoms with E-state index in [1.807, 2.05) is 0 Å². The summed E-state index contributed by atoms with van der Waals surface area (Å²) < 4.78 is 32.9. The number of benzene rings is 1. The highest BCUT2D eigenvalue weighted by Gasteiger charge is 2.63. The van der Waals surface area contributed by atoms with Gasteiger partial charge in [0.25, 0.3) is 5.91 Å². The molecule has 0 spiro atoms. The number of hydrogen-bond acceptors (Lipinski definition) is 2. The number of carbonyl (C=O) groups is 1. The van der Waals surface area contributed by atoms with Gasteiger partial charge >= 0.3 is 5.92 Å². The Morgan fingerprint density at radius 1 is 1.04 bits per heavy atom. The van der Waals surface area contributed by atoms with Crippen molar-refractivity contribution in [1.29, 1.82) is 0 Å². The second-order valence-electron chi connectivity index (χ2n) is 6.42. The summed E-state index contributed by atoms with van der Waals surface area (Å²) in [6, 6.07) is 5.66. The molecule has 3 nitrogen and oxygen atoms in total. The molecule has 1 aliphatic heterocycles. The maximum atomic E-state index is 13.9. The van der Waals surface area contributed by atoms with Crippen molar-refractivity contribution in [2.75, 3.05) is 12.0 Å². The molecule has 0 aromatic heterocycles. The molecule has 0 radical (unpaired) electrons. The minimum absolute atomic E-state index is 0.346. The number of ether oxygens (including phenoxy) is 1. The molecule has 0 N–H and O–H groups in total. The Hall–Kier alpha value is -1.65. The largest absolute Gasteiger partial charge is 0.497 e. The van der Waals surface area contributed by atoms with Gasteiger partial charge in [0.1, 0.15) is 11.8 Å². The molecule has 1 fully saturated rings. The van der Waals surface area contributed by atoms with Gasteiger partial charge < -0.3 is 4.74 Å². The van der Waals surface area contributed by atoms with E-state index in [4.69, 9.17) is 4.74 Å². The molecule has 1 aromatic rings. The summed E-state index contributed by atoms with van der Waals surface area (Å²) >= 11 is 0. The maximum Gasteiger partial charge on any atom is 0.345 e. The Morgan fingerprint density at radius 3 is 2.21 bits per heavy atom. The average Bonchev–Trinajstić information content (AvgIpc) is 2.60. The molecule has 24 heavy (non-hydrogen) atoms. The number of anilines is 1. The minimum atomic E-state index is -3.23. The number of halogens is 2. The lowest BCUT2D eigenvalue weighted by molar-refractivity contribution is -0.162. The van der Waals surface area contributed by atoms with E-state index < -0.39 is 17.9 Å². The molecule has 2 rings (SSSR count). The van der Waals surface area contributed by atoms with Gasteiger partial charge in [0.15, 0.2) is 0 Å². The summed E-state index contributed by atoms with van der Waals surface area (Å²) in [5, 5.41) is 0. The van der Waals surface area contributed by atoms with E-state index in [0.717, 1.165) is 25.7 Å². The van der Waals surface area contributed by atoms with Gasteiger partial charge in [-0.1, -0.05) is 51.9 Å². The summed E-state index contributed by atoms with van der Waals surface area (Å²) in [6.07, 6.45) is 7.91. The second kappa shape index (κ2) is 8.45. The number of nitrogens with zero attached hydrogens (tertiary/aromatic N) is 1. The van der Waals surface area contributed by atoms with Gasteiger partial charge in [-0.2, -0.15) is 8.78 Å². The Morgan fingerprint density at radius 2 is 1.62 bits per heavy atom. The van der Waals surface area contributed by atoms with E-state index in [1.165, 1.54) is 24.2 Å². The molecular formula is C19H27F2NO2.